The molecule has 0 saturated carbocycles. The number of phenolic OH excluding ortho intramolecular Hbond substituents is 1. The first-order chi connectivity index (χ1) is 7.36. The van der Waals surface area contributed by atoms with Crippen LogP contribution < -0.4 is 11.1 Å². The Balaban J connectivity index is 2.89. The third kappa shape index (κ3) is 2.73. The second-order valence-corrected chi connectivity index (χ2v) is 4.25. The molecule has 1 unspecified atom stereocenters. The molecule has 1 aromatic carbocycles. The summed E-state index contributed by atoms with van der Waals surface area (Å²) < 4.78 is 0. The fourth-order valence-corrected chi connectivity index (χ4v) is 1.18. The van der Waals surface area contributed by atoms with E-state index in [4.69, 9.17) is 5.73 Å². The molecule has 1 atom stereocenters. The highest BCUT2D eigenvalue weighted by Gasteiger charge is 2.26. The number of carbonyl (C=O) groups excluding carboxylic acids is 1. The van der Waals surface area contributed by atoms with Crippen LogP contribution in [0.2, 0.25) is 0 Å². The summed E-state index contributed by atoms with van der Waals surface area (Å²) in [5.74, 6) is -0.248. The topological polar surface area (TPSA) is 75.4 Å². The molecule has 0 aliphatic rings. The lowest BCUT2D eigenvalue weighted by Gasteiger charge is -2.21. The Morgan fingerprint density at radius 2 is 2.19 bits per heavy atom. The molecule has 0 bridgehead atoms. The van der Waals surface area contributed by atoms with Crippen LogP contribution in [0.25, 0.3) is 0 Å². The maximum absolute atomic E-state index is 11.8. The van der Waals surface area contributed by atoms with Crippen molar-refractivity contribution in [3.8, 4) is 5.75 Å². The maximum atomic E-state index is 11.8. The summed E-state index contributed by atoms with van der Waals surface area (Å²) in [5.41, 5.74) is 6.24. The van der Waals surface area contributed by atoms with Crippen LogP contribution in [0.5, 0.6) is 5.75 Å². The Hall–Kier alpha value is -1.55. The number of benzene rings is 1. The van der Waals surface area contributed by atoms with E-state index in [1.807, 2.05) is 13.8 Å². The van der Waals surface area contributed by atoms with E-state index in [0.29, 0.717) is 12.1 Å². The Bertz CT molecular complexity index is 400. The van der Waals surface area contributed by atoms with Gasteiger partial charge >= 0.3 is 0 Å². The van der Waals surface area contributed by atoms with Crippen LogP contribution in [0.1, 0.15) is 25.8 Å². The highest BCUT2D eigenvalue weighted by atomic mass is 16.3. The molecule has 0 aliphatic heterocycles. The third-order valence-corrected chi connectivity index (χ3v) is 2.65. The minimum atomic E-state index is -0.920. The number of anilines is 1. The van der Waals surface area contributed by atoms with Crippen molar-refractivity contribution in [3.05, 3.63) is 23.8 Å². The number of hydrogen-bond acceptors (Lipinski definition) is 3. The third-order valence-electron chi connectivity index (χ3n) is 2.65. The standard InChI is InChI=1S/C12H18N2O2/c1-4-12(3,13)11(16)14-9-7-8(2)5-6-10(9)15/h5-7,15H,4,13H2,1-3H3,(H,14,16). The smallest absolute Gasteiger partial charge is 0.244 e. The fourth-order valence-electron chi connectivity index (χ4n) is 1.18. The van der Waals surface area contributed by atoms with Crippen LogP contribution in [0.4, 0.5) is 5.69 Å². The summed E-state index contributed by atoms with van der Waals surface area (Å²) in [6, 6.07) is 5.02. The van der Waals surface area contributed by atoms with Gasteiger partial charge in [-0.05, 0) is 38.0 Å². The summed E-state index contributed by atoms with van der Waals surface area (Å²) in [4.78, 5) is 11.8. The predicted molar refractivity (Wildman–Crippen MR) is 64.4 cm³/mol. The minimum absolute atomic E-state index is 0.0471. The normalized spacial score (nSPS) is 14.2. The number of rotatable bonds is 3. The summed E-state index contributed by atoms with van der Waals surface area (Å²) in [6.07, 6.45) is 0.533. The molecule has 0 fully saturated rings. The first-order valence-electron chi connectivity index (χ1n) is 5.27. The Morgan fingerprint density at radius 3 is 2.75 bits per heavy atom. The highest BCUT2D eigenvalue weighted by Crippen LogP contribution is 2.24. The van der Waals surface area contributed by atoms with E-state index in [2.05, 4.69) is 5.32 Å². The quantitative estimate of drug-likeness (QED) is 0.682. The summed E-state index contributed by atoms with van der Waals surface area (Å²) in [5, 5.41) is 12.2. The number of amides is 1. The number of phenols is 1. The Kier molecular flexibility index (Phi) is 3.55. The maximum Gasteiger partial charge on any atom is 0.244 e. The Labute approximate surface area is 95.5 Å². The number of carbonyl (C=O) groups is 1. The lowest BCUT2D eigenvalue weighted by atomic mass is 9.99. The molecule has 0 radical (unpaired) electrons. The van der Waals surface area contributed by atoms with Gasteiger partial charge in [-0.3, -0.25) is 4.79 Å². The van der Waals surface area contributed by atoms with Gasteiger partial charge in [-0.15, -0.1) is 0 Å². The molecule has 4 N–H and O–H groups in total. The van der Waals surface area contributed by atoms with E-state index < -0.39 is 5.54 Å². The zero-order valence-corrected chi connectivity index (χ0v) is 9.87. The first kappa shape index (κ1) is 12.5. The van der Waals surface area contributed by atoms with Crippen LogP contribution in [-0.4, -0.2) is 16.6 Å². The van der Waals surface area contributed by atoms with Crippen LogP contribution >= 0.6 is 0 Å². The average Bonchev–Trinajstić information content (AvgIpc) is 2.23. The van der Waals surface area contributed by atoms with Crippen molar-refractivity contribution in [2.24, 2.45) is 5.73 Å². The molecule has 1 rings (SSSR count). The molecular weight excluding hydrogens is 204 g/mol. The van der Waals surface area contributed by atoms with Gasteiger partial charge in [0.15, 0.2) is 0 Å². The molecule has 0 heterocycles. The summed E-state index contributed by atoms with van der Waals surface area (Å²) in [7, 11) is 0. The largest absolute Gasteiger partial charge is 0.506 e. The average molecular weight is 222 g/mol. The van der Waals surface area contributed by atoms with Crippen molar-refractivity contribution in [2.45, 2.75) is 32.7 Å². The van der Waals surface area contributed by atoms with Crippen molar-refractivity contribution in [2.75, 3.05) is 5.32 Å². The van der Waals surface area contributed by atoms with Gasteiger partial charge in [0.25, 0.3) is 0 Å². The summed E-state index contributed by atoms with van der Waals surface area (Å²) >= 11 is 0. The van der Waals surface area contributed by atoms with Gasteiger partial charge in [-0.2, -0.15) is 0 Å². The van der Waals surface area contributed by atoms with E-state index in [1.54, 1.807) is 25.1 Å². The van der Waals surface area contributed by atoms with Crippen molar-refractivity contribution in [1.82, 2.24) is 0 Å². The number of nitrogens with two attached hydrogens (primary N) is 1. The van der Waals surface area contributed by atoms with Crippen molar-refractivity contribution in [1.29, 1.82) is 0 Å². The molecule has 16 heavy (non-hydrogen) atoms. The molecule has 0 aromatic heterocycles. The molecule has 0 saturated heterocycles. The van der Waals surface area contributed by atoms with Gasteiger partial charge in [0.2, 0.25) is 5.91 Å². The molecule has 4 nitrogen and oxygen atoms in total. The van der Waals surface area contributed by atoms with Gasteiger partial charge < -0.3 is 16.2 Å². The SMILES string of the molecule is CCC(C)(N)C(=O)Nc1cc(C)ccc1O. The molecular formula is C12H18N2O2. The molecule has 1 aromatic rings. The molecule has 1 amide bonds. The van der Waals surface area contributed by atoms with Gasteiger partial charge in [-0.1, -0.05) is 13.0 Å². The van der Waals surface area contributed by atoms with Crippen LogP contribution in [0, 0.1) is 6.92 Å². The van der Waals surface area contributed by atoms with Gasteiger partial charge in [0.05, 0.1) is 11.2 Å². The fraction of sp³-hybridized carbons (Fsp3) is 0.417. The zero-order chi connectivity index (χ0) is 12.3. The number of hydrogen-bond donors (Lipinski definition) is 3. The van der Waals surface area contributed by atoms with Gasteiger partial charge in [0.1, 0.15) is 5.75 Å². The molecule has 0 spiro atoms. The summed E-state index contributed by atoms with van der Waals surface area (Å²) in [6.45, 7) is 5.39. The van der Waals surface area contributed by atoms with Gasteiger partial charge in [0, 0.05) is 0 Å². The van der Waals surface area contributed by atoms with E-state index in [9.17, 15) is 9.90 Å². The minimum Gasteiger partial charge on any atom is -0.506 e. The van der Waals surface area contributed by atoms with Crippen LogP contribution in [0.15, 0.2) is 18.2 Å². The van der Waals surface area contributed by atoms with Gasteiger partial charge in [-0.25, -0.2) is 0 Å². The van der Waals surface area contributed by atoms with Crippen LogP contribution in [0.3, 0.4) is 0 Å². The van der Waals surface area contributed by atoms with E-state index in [-0.39, 0.29) is 11.7 Å². The number of aromatic hydroxyl groups is 1. The predicted octanol–water partition coefficient (Wildman–Crippen LogP) is 1.77. The number of aryl methyl sites for hydroxylation is 1. The van der Waals surface area contributed by atoms with E-state index in [0.717, 1.165) is 5.56 Å². The lowest BCUT2D eigenvalue weighted by Crippen LogP contribution is -2.47. The van der Waals surface area contributed by atoms with Crippen molar-refractivity contribution < 1.29 is 9.90 Å². The molecule has 4 heteroatoms. The van der Waals surface area contributed by atoms with E-state index >= 15 is 0 Å². The molecule has 0 aliphatic carbocycles. The monoisotopic (exact) mass is 222 g/mol. The Morgan fingerprint density at radius 1 is 1.56 bits per heavy atom. The highest BCUT2D eigenvalue weighted by molar-refractivity contribution is 5.98. The second-order valence-electron chi connectivity index (χ2n) is 4.25. The van der Waals surface area contributed by atoms with Crippen molar-refractivity contribution >= 4 is 11.6 Å². The van der Waals surface area contributed by atoms with E-state index in [1.165, 1.54) is 0 Å². The lowest BCUT2D eigenvalue weighted by molar-refractivity contribution is -0.120. The number of nitrogens with one attached hydrogen (secondary N) is 1. The zero-order valence-electron chi connectivity index (χ0n) is 9.87. The van der Waals surface area contributed by atoms with Crippen LogP contribution in [-0.2, 0) is 4.79 Å². The second kappa shape index (κ2) is 4.53. The first-order valence-corrected chi connectivity index (χ1v) is 5.27. The molecule has 88 valence electrons. The van der Waals surface area contributed by atoms with Crippen molar-refractivity contribution in [3.63, 3.8) is 0 Å².